The molecule has 2 aromatic rings. The largest absolute Gasteiger partial charge is 0.494 e. The van der Waals surface area contributed by atoms with E-state index in [-0.39, 0.29) is 17.2 Å². The zero-order valence-corrected chi connectivity index (χ0v) is 12.2. The maximum absolute atomic E-state index is 13.5. The van der Waals surface area contributed by atoms with Crippen molar-refractivity contribution in [2.45, 2.75) is 0 Å². The molecule has 0 aliphatic heterocycles. The molecule has 0 bridgehead atoms. The van der Waals surface area contributed by atoms with Gasteiger partial charge in [0.15, 0.2) is 11.6 Å². The molecular weight excluding hydrogens is 352 g/mol. The summed E-state index contributed by atoms with van der Waals surface area (Å²) in [6.45, 7) is 0. The highest BCUT2D eigenvalue weighted by Gasteiger charge is 2.21. The Kier molecular flexibility index (Phi) is 4.37. The van der Waals surface area contributed by atoms with E-state index in [1.807, 2.05) is 0 Å². The molecule has 0 radical (unpaired) electrons. The molecule has 0 aliphatic carbocycles. The molecule has 0 N–H and O–H groups in total. The molecule has 0 heterocycles. The van der Waals surface area contributed by atoms with Gasteiger partial charge < -0.3 is 9.47 Å². The molecule has 2 rings (SSSR count). The maximum atomic E-state index is 13.5. The van der Waals surface area contributed by atoms with Crippen LogP contribution in [0.3, 0.4) is 0 Å². The number of hydrogen-bond donors (Lipinski definition) is 0. The Morgan fingerprint density at radius 3 is 2.43 bits per heavy atom. The highest BCUT2D eigenvalue weighted by molar-refractivity contribution is 9.10. The molecule has 0 saturated heterocycles. The van der Waals surface area contributed by atoms with Crippen LogP contribution < -0.4 is 9.47 Å². The quantitative estimate of drug-likeness (QED) is 0.598. The van der Waals surface area contributed by atoms with E-state index < -0.39 is 22.2 Å². The van der Waals surface area contributed by atoms with Gasteiger partial charge in [-0.05, 0) is 12.1 Å². The minimum Gasteiger partial charge on any atom is -0.494 e. The minimum absolute atomic E-state index is 0.0265. The van der Waals surface area contributed by atoms with Crippen LogP contribution in [0.5, 0.6) is 17.2 Å². The third-order valence-corrected chi connectivity index (χ3v) is 2.95. The lowest BCUT2D eigenvalue weighted by molar-refractivity contribution is -0.385. The van der Waals surface area contributed by atoms with Crippen molar-refractivity contribution >= 4 is 21.6 Å². The van der Waals surface area contributed by atoms with Crippen LogP contribution in [0.25, 0.3) is 0 Å². The monoisotopic (exact) mass is 359 g/mol. The number of methoxy groups -OCH3 is 1. The highest BCUT2D eigenvalue weighted by atomic mass is 79.9. The molecule has 8 heteroatoms. The first-order chi connectivity index (χ1) is 9.90. The van der Waals surface area contributed by atoms with E-state index in [2.05, 4.69) is 15.9 Å². The normalized spacial score (nSPS) is 10.3. The van der Waals surface area contributed by atoms with Gasteiger partial charge in [0.2, 0.25) is 5.75 Å². The first kappa shape index (κ1) is 15.2. The van der Waals surface area contributed by atoms with Crippen LogP contribution in [0.15, 0.2) is 34.8 Å². The zero-order chi connectivity index (χ0) is 15.6. The second-order valence-corrected chi connectivity index (χ2v) is 4.83. The first-order valence-corrected chi connectivity index (χ1v) is 6.36. The number of rotatable bonds is 4. The number of nitrogens with zero attached hydrogens (tertiary/aromatic N) is 1. The molecule has 0 aromatic heterocycles. The molecule has 5 nitrogen and oxygen atoms in total. The fourth-order valence-electron chi connectivity index (χ4n) is 1.62. The Morgan fingerprint density at radius 1 is 1.14 bits per heavy atom. The highest BCUT2D eigenvalue weighted by Crippen LogP contribution is 2.37. The number of hydrogen-bond acceptors (Lipinski definition) is 4. The Bertz CT molecular complexity index is 689. The Balaban J connectivity index is 2.48. The van der Waals surface area contributed by atoms with Crippen LogP contribution in [0.1, 0.15) is 0 Å². The number of nitro benzene ring substituents is 1. The molecule has 0 spiro atoms. The molecule has 0 fully saturated rings. The van der Waals surface area contributed by atoms with Crippen LogP contribution in [0.4, 0.5) is 14.5 Å². The summed E-state index contributed by atoms with van der Waals surface area (Å²) in [5.41, 5.74) is -0.589. The smallest absolute Gasteiger partial charge is 0.314 e. The van der Waals surface area contributed by atoms with Gasteiger partial charge in [0, 0.05) is 16.6 Å². The summed E-state index contributed by atoms with van der Waals surface area (Å²) in [6, 6.07) is 5.38. The van der Waals surface area contributed by atoms with Gasteiger partial charge in [0.1, 0.15) is 11.6 Å². The lowest BCUT2D eigenvalue weighted by Gasteiger charge is -2.09. The van der Waals surface area contributed by atoms with Gasteiger partial charge >= 0.3 is 5.69 Å². The van der Waals surface area contributed by atoms with E-state index in [9.17, 15) is 18.9 Å². The van der Waals surface area contributed by atoms with E-state index in [1.54, 1.807) is 0 Å². The van der Waals surface area contributed by atoms with Gasteiger partial charge in [-0.1, -0.05) is 15.9 Å². The van der Waals surface area contributed by atoms with Gasteiger partial charge in [-0.15, -0.1) is 0 Å². The molecule has 2 aromatic carbocycles. The van der Waals surface area contributed by atoms with Crippen molar-refractivity contribution in [2.24, 2.45) is 0 Å². The topological polar surface area (TPSA) is 61.6 Å². The van der Waals surface area contributed by atoms with Gasteiger partial charge in [-0.3, -0.25) is 10.1 Å². The summed E-state index contributed by atoms with van der Waals surface area (Å²) in [6.07, 6.45) is 0. The second kappa shape index (κ2) is 6.04. The minimum atomic E-state index is -0.892. The zero-order valence-electron chi connectivity index (χ0n) is 10.6. The van der Waals surface area contributed by atoms with Crippen molar-refractivity contribution in [3.05, 3.63) is 56.6 Å². The summed E-state index contributed by atoms with van der Waals surface area (Å²) in [4.78, 5) is 10.1. The predicted octanol–water partition coefficient (Wildman–Crippen LogP) is 4.44. The average molecular weight is 360 g/mol. The Labute approximate surface area is 126 Å². The predicted molar refractivity (Wildman–Crippen MR) is 73.8 cm³/mol. The number of benzene rings is 2. The average Bonchev–Trinajstić information content (AvgIpc) is 2.38. The van der Waals surface area contributed by atoms with Crippen LogP contribution in [-0.4, -0.2) is 12.0 Å². The third kappa shape index (κ3) is 3.46. The fraction of sp³-hybridized carbons (Fsp3) is 0.0769. The Morgan fingerprint density at radius 2 is 1.86 bits per heavy atom. The van der Waals surface area contributed by atoms with Crippen molar-refractivity contribution in [2.75, 3.05) is 7.11 Å². The van der Waals surface area contributed by atoms with Gasteiger partial charge in [0.25, 0.3) is 0 Å². The second-order valence-electron chi connectivity index (χ2n) is 3.92. The summed E-state index contributed by atoms with van der Waals surface area (Å²) in [5, 5.41) is 10.9. The van der Waals surface area contributed by atoms with Crippen molar-refractivity contribution in [3.8, 4) is 17.2 Å². The van der Waals surface area contributed by atoms with Crippen LogP contribution in [0.2, 0.25) is 0 Å². The lowest BCUT2D eigenvalue weighted by Crippen LogP contribution is -1.97. The molecule has 0 unspecified atom stereocenters. The van der Waals surface area contributed by atoms with Gasteiger partial charge in [-0.25, -0.2) is 8.78 Å². The molecule has 0 saturated carbocycles. The van der Waals surface area contributed by atoms with Crippen LogP contribution in [0, 0.1) is 21.7 Å². The van der Waals surface area contributed by atoms with Crippen molar-refractivity contribution < 1.29 is 23.2 Å². The fourth-order valence-corrected chi connectivity index (χ4v) is 2.06. The molecule has 0 aliphatic rings. The SMILES string of the molecule is COc1cc(Oc2cc(F)cc(Br)c2)c([N+](=O)[O-])cc1F. The van der Waals surface area contributed by atoms with E-state index in [0.29, 0.717) is 10.5 Å². The number of ether oxygens (including phenoxy) is 2. The molecular formula is C13H8BrF2NO4. The van der Waals surface area contributed by atoms with E-state index in [4.69, 9.17) is 9.47 Å². The number of halogens is 3. The van der Waals surface area contributed by atoms with E-state index >= 15 is 0 Å². The van der Waals surface area contributed by atoms with Crippen molar-refractivity contribution in [1.82, 2.24) is 0 Å². The molecule has 0 atom stereocenters. The third-order valence-electron chi connectivity index (χ3n) is 2.49. The standard InChI is InChI=1S/C13H8BrF2NO4/c1-20-12-6-13(11(17(18)19)5-10(12)16)21-9-3-7(14)2-8(15)4-9/h2-6H,1H3. The lowest BCUT2D eigenvalue weighted by atomic mass is 10.2. The van der Waals surface area contributed by atoms with Gasteiger partial charge in [-0.2, -0.15) is 0 Å². The summed E-state index contributed by atoms with van der Waals surface area (Å²) in [7, 11) is 1.22. The van der Waals surface area contributed by atoms with Crippen molar-refractivity contribution in [3.63, 3.8) is 0 Å². The molecule has 21 heavy (non-hydrogen) atoms. The van der Waals surface area contributed by atoms with E-state index in [1.165, 1.54) is 19.2 Å². The molecule has 110 valence electrons. The summed E-state index contributed by atoms with van der Waals surface area (Å²) < 4.78 is 37.2. The molecule has 0 amide bonds. The summed E-state index contributed by atoms with van der Waals surface area (Å²) >= 11 is 3.07. The number of nitro groups is 1. The van der Waals surface area contributed by atoms with Crippen LogP contribution >= 0.6 is 15.9 Å². The van der Waals surface area contributed by atoms with E-state index in [0.717, 1.165) is 12.1 Å². The Hall–Kier alpha value is -2.22. The van der Waals surface area contributed by atoms with Crippen LogP contribution in [-0.2, 0) is 0 Å². The first-order valence-electron chi connectivity index (χ1n) is 5.56. The maximum Gasteiger partial charge on any atom is 0.314 e. The summed E-state index contributed by atoms with van der Waals surface area (Å²) in [5.74, 6) is -1.92. The van der Waals surface area contributed by atoms with Gasteiger partial charge in [0.05, 0.1) is 18.1 Å². The van der Waals surface area contributed by atoms with Crippen molar-refractivity contribution in [1.29, 1.82) is 0 Å².